The molecule has 2 rings (SSSR count). The van der Waals surface area contributed by atoms with Crippen LogP contribution < -0.4 is 0 Å². The summed E-state index contributed by atoms with van der Waals surface area (Å²) in [5.74, 6) is 2.02. The summed E-state index contributed by atoms with van der Waals surface area (Å²) in [5, 5.41) is 0. The summed E-state index contributed by atoms with van der Waals surface area (Å²) in [6.07, 6.45) is 6.34. The number of rotatable bonds is 3. The van der Waals surface area contributed by atoms with Gasteiger partial charge in [-0.15, -0.1) is 12.3 Å². The van der Waals surface area contributed by atoms with Crippen molar-refractivity contribution in [2.75, 3.05) is 0 Å². The van der Waals surface area contributed by atoms with E-state index in [4.69, 9.17) is 6.42 Å². The highest BCUT2D eigenvalue weighted by Gasteiger charge is 2.38. The Kier molecular flexibility index (Phi) is 3.53. The van der Waals surface area contributed by atoms with Gasteiger partial charge in [0.25, 0.3) is 11.8 Å². The Labute approximate surface area is 114 Å². The van der Waals surface area contributed by atoms with E-state index in [1.807, 2.05) is 6.92 Å². The van der Waals surface area contributed by atoms with Crippen LogP contribution in [0.25, 0.3) is 0 Å². The lowest BCUT2D eigenvalue weighted by atomic mass is 10.1. The van der Waals surface area contributed by atoms with Gasteiger partial charge in [0.1, 0.15) is 0 Å². The zero-order valence-corrected chi connectivity index (χ0v) is 11.5. The zero-order valence-electron chi connectivity index (χ0n) is 9.94. The Morgan fingerprint density at radius 2 is 2.00 bits per heavy atom. The second kappa shape index (κ2) is 4.95. The van der Waals surface area contributed by atoms with Gasteiger partial charge in [0.15, 0.2) is 0 Å². The Morgan fingerprint density at radius 1 is 1.33 bits per heavy atom. The van der Waals surface area contributed by atoms with E-state index in [9.17, 15) is 9.59 Å². The molecule has 92 valence electrons. The molecular formula is C14H12BrNO2. The van der Waals surface area contributed by atoms with Crippen LogP contribution in [0.3, 0.4) is 0 Å². The number of carbonyl (C=O) groups is 2. The maximum Gasteiger partial charge on any atom is 0.261 e. The molecule has 1 heterocycles. The van der Waals surface area contributed by atoms with E-state index < -0.39 is 0 Å². The van der Waals surface area contributed by atoms with Gasteiger partial charge in [-0.1, -0.05) is 22.9 Å². The van der Waals surface area contributed by atoms with Gasteiger partial charge < -0.3 is 0 Å². The van der Waals surface area contributed by atoms with Crippen molar-refractivity contribution in [2.45, 2.75) is 25.8 Å². The van der Waals surface area contributed by atoms with E-state index in [2.05, 4.69) is 21.9 Å². The van der Waals surface area contributed by atoms with E-state index in [0.717, 1.165) is 4.47 Å². The lowest BCUT2D eigenvalue weighted by Crippen LogP contribution is -2.39. The number of carbonyl (C=O) groups excluding carboxylic acids is 2. The van der Waals surface area contributed by atoms with Gasteiger partial charge in [-0.05, 0) is 24.6 Å². The molecule has 0 radical (unpaired) electrons. The second-order valence-corrected chi connectivity index (χ2v) is 5.06. The van der Waals surface area contributed by atoms with Crippen molar-refractivity contribution in [2.24, 2.45) is 0 Å². The summed E-state index contributed by atoms with van der Waals surface area (Å²) in [7, 11) is 0. The quantitative estimate of drug-likeness (QED) is 0.636. The van der Waals surface area contributed by atoms with Crippen LogP contribution in [0, 0.1) is 12.3 Å². The van der Waals surface area contributed by atoms with Gasteiger partial charge in [-0.25, -0.2) is 0 Å². The number of amides is 2. The molecule has 0 saturated heterocycles. The van der Waals surface area contributed by atoms with Gasteiger partial charge >= 0.3 is 0 Å². The van der Waals surface area contributed by atoms with Crippen molar-refractivity contribution >= 4 is 27.7 Å². The Balaban J connectivity index is 2.42. The molecular weight excluding hydrogens is 294 g/mol. The third-order valence-corrected chi connectivity index (χ3v) is 3.56. The summed E-state index contributed by atoms with van der Waals surface area (Å²) in [6.45, 7) is 1.92. The van der Waals surface area contributed by atoms with Crippen molar-refractivity contribution in [3.05, 3.63) is 33.8 Å². The zero-order chi connectivity index (χ0) is 13.3. The number of nitrogens with zero attached hydrogens (tertiary/aromatic N) is 1. The van der Waals surface area contributed by atoms with Gasteiger partial charge in [0.2, 0.25) is 0 Å². The standard InChI is InChI=1S/C14H12BrNO2/c1-3-5-10(4-2)16-13(17)11-7-6-9(15)8-12(11)14(16)18/h1,6-8,10H,4-5H2,2H3. The highest BCUT2D eigenvalue weighted by atomic mass is 79.9. The SMILES string of the molecule is C#CCC(CC)N1C(=O)c2ccc(Br)cc2C1=O. The average Bonchev–Trinajstić information content (AvgIpc) is 2.59. The first-order chi connectivity index (χ1) is 8.60. The molecule has 1 aliphatic rings. The monoisotopic (exact) mass is 305 g/mol. The first kappa shape index (κ1) is 12.8. The minimum absolute atomic E-state index is 0.221. The van der Waals surface area contributed by atoms with Crippen LogP contribution in [-0.4, -0.2) is 22.8 Å². The van der Waals surface area contributed by atoms with Crippen molar-refractivity contribution in [3.8, 4) is 12.3 Å². The van der Waals surface area contributed by atoms with Crippen LogP contribution in [0.2, 0.25) is 0 Å². The number of imide groups is 1. The predicted molar refractivity (Wildman–Crippen MR) is 72.2 cm³/mol. The number of hydrogen-bond acceptors (Lipinski definition) is 2. The molecule has 1 aliphatic heterocycles. The summed E-state index contributed by atoms with van der Waals surface area (Å²) in [5.41, 5.74) is 0.906. The fourth-order valence-electron chi connectivity index (χ4n) is 2.12. The van der Waals surface area contributed by atoms with Crippen LogP contribution in [-0.2, 0) is 0 Å². The van der Waals surface area contributed by atoms with Crippen LogP contribution in [0.1, 0.15) is 40.5 Å². The van der Waals surface area contributed by atoms with Crippen LogP contribution >= 0.6 is 15.9 Å². The van der Waals surface area contributed by atoms with E-state index >= 15 is 0 Å². The molecule has 1 atom stereocenters. The molecule has 0 bridgehead atoms. The van der Waals surface area contributed by atoms with Gasteiger partial charge in [-0.2, -0.15) is 0 Å². The van der Waals surface area contributed by atoms with Crippen molar-refractivity contribution < 1.29 is 9.59 Å². The van der Waals surface area contributed by atoms with Crippen molar-refractivity contribution in [1.29, 1.82) is 0 Å². The lowest BCUT2D eigenvalue weighted by molar-refractivity contribution is 0.0583. The fourth-order valence-corrected chi connectivity index (χ4v) is 2.48. The first-order valence-electron chi connectivity index (χ1n) is 5.71. The van der Waals surface area contributed by atoms with Crippen LogP contribution in [0.5, 0.6) is 0 Å². The van der Waals surface area contributed by atoms with Gasteiger partial charge in [-0.3, -0.25) is 14.5 Å². The smallest absolute Gasteiger partial charge is 0.261 e. The average molecular weight is 306 g/mol. The van der Waals surface area contributed by atoms with E-state index in [-0.39, 0.29) is 17.9 Å². The molecule has 0 saturated carbocycles. The van der Waals surface area contributed by atoms with Gasteiger partial charge in [0.05, 0.1) is 17.2 Å². The molecule has 0 spiro atoms. The molecule has 4 heteroatoms. The highest BCUT2D eigenvalue weighted by Crippen LogP contribution is 2.28. The maximum absolute atomic E-state index is 12.3. The number of fused-ring (bicyclic) bond motifs is 1. The van der Waals surface area contributed by atoms with E-state index in [1.54, 1.807) is 18.2 Å². The molecule has 1 unspecified atom stereocenters. The number of halogens is 1. The maximum atomic E-state index is 12.3. The number of benzene rings is 1. The number of terminal acetylenes is 1. The summed E-state index contributed by atoms with van der Waals surface area (Å²) >= 11 is 3.30. The third-order valence-electron chi connectivity index (χ3n) is 3.07. The second-order valence-electron chi connectivity index (χ2n) is 4.14. The largest absolute Gasteiger partial charge is 0.270 e. The molecule has 0 fully saturated rings. The molecule has 0 N–H and O–H groups in total. The molecule has 1 aromatic carbocycles. The van der Waals surface area contributed by atoms with Crippen LogP contribution in [0.15, 0.2) is 22.7 Å². The normalized spacial score (nSPS) is 15.5. The molecule has 0 aliphatic carbocycles. The molecule has 3 nitrogen and oxygen atoms in total. The summed E-state index contributed by atoms with van der Waals surface area (Å²) in [6, 6.07) is 4.89. The number of hydrogen-bond donors (Lipinski definition) is 0. The topological polar surface area (TPSA) is 37.4 Å². The molecule has 2 amide bonds. The molecule has 18 heavy (non-hydrogen) atoms. The summed E-state index contributed by atoms with van der Waals surface area (Å²) < 4.78 is 0.786. The van der Waals surface area contributed by atoms with Crippen molar-refractivity contribution in [3.63, 3.8) is 0 Å². The fraction of sp³-hybridized carbons (Fsp3) is 0.286. The third kappa shape index (κ3) is 1.95. The lowest BCUT2D eigenvalue weighted by Gasteiger charge is -2.23. The molecule has 1 aromatic rings. The minimum atomic E-state index is -0.251. The van der Waals surface area contributed by atoms with Gasteiger partial charge in [0, 0.05) is 10.9 Å². The first-order valence-corrected chi connectivity index (χ1v) is 6.50. The predicted octanol–water partition coefficient (Wildman–Crippen LogP) is 2.85. The Hall–Kier alpha value is -1.60. The Bertz CT molecular complexity index is 559. The summed E-state index contributed by atoms with van der Waals surface area (Å²) in [4.78, 5) is 25.8. The van der Waals surface area contributed by atoms with E-state index in [1.165, 1.54) is 4.90 Å². The molecule has 0 aromatic heterocycles. The van der Waals surface area contributed by atoms with E-state index in [0.29, 0.717) is 24.0 Å². The van der Waals surface area contributed by atoms with Crippen molar-refractivity contribution in [1.82, 2.24) is 4.90 Å². The Morgan fingerprint density at radius 3 is 2.61 bits per heavy atom. The highest BCUT2D eigenvalue weighted by molar-refractivity contribution is 9.10. The van der Waals surface area contributed by atoms with Crippen LogP contribution in [0.4, 0.5) is 0 Å². The minimum Gasteiger partial charge on any atom is -0.270 e.